The number of halogens is 4. The molecule has 0 saturated carbocycles. The standard InChI is InChI=1S/C15H11BrF3N/c16-10-7-12(18)14(19)9-5-6-13(20-15(9)10)8-3-1-2-4-11(8)17/h1-4,7,13,20H,5-6H2. The van der Waals surface area contributed by atoms with Gasteiger partial charge in [-0.3, -0.25) is 0 Å². The first kappa shape index (κ1) is 13.5. The first-order valence-electron chi connectivity index (χ1n) is 6.25. The molecule has 0 saturated heterocycles. The van der Waals surface area contributed by atoms with Crippen molar-refractivity contribution in [1.29, 1.82) is 0 Å². The van der Waals surface area contributed by atoms with Crippen LogP contribution in [-0.4, -0.2) is 0 Å². The predicted molar refractivity (Wildman–Crippen MR) is 75.1 cm³/mol. The van der Waals surface area contributed by atoms with Crippen molar-refractivity contribution < 1.29 is 13.2 Å². The number of rotatable bonds is 1. The molecule has 1 aliphatic heterocycles. The summed E-state index contributed by atoms with van der Waals surface area (Å²) in [6.45, 7) is 0. The molecule has 1 N–H and O–H groups in total. The van der Waals surface area contributed by atoms with Gasteiger partial charge < -0.3 is 5.32 Å². The summed E-state index contributed by atoms with van der Waals surface area (Å²) in [5.41, 5.74) is 1.35. The van der Waals surface area contributed by atoms with Crippen molar-refractivity contribution in [2.24, 2.45) is 0 Å². The van der Waals surface area contributed by atoms with E-state index in [0.717, 1.165) is 6.07 Å². The van der Waals surface area contributed by atoms with Gasteiger partial charge in [-0.25, -0.2) is 13.2 Å². The highest BCUT2D eigenvalue weighted by molar-refractivity contribution is 9.10. The van der Waals surface area contributed by atoms with Crippen molar-refractivity contribution in [3.8, 4) is 0 Å². The Balaban J connectivity index is 2.01. The van der Waals surface area contributed by atoms with Crippen LogP contribution in [0.3, 0.4) is 0 Å². The zero-order valence-electron chi connectivity index (χ0n) is 10.4. The highest BCUT2D eigenvalue weighted by Crippen LogP contribution is 2.39. The molecule has 0 aliphatic carbocycles. The molecule has 1 unspecified atom stereocenters. The second-order valence-corrected chi connectivity index (χ2v) is 5.62. The van der Waals surface area contributed by atoms with E-state index in [1.54, 1.807) is 18.2 Å². The van der Waals surface area contributed by atoms with Gasteiger partial charge in [-0.2, -0.15) is 0 Å². The van der Waals surface area contributed by atoms with E-state index in [0.29, 0.717) is 34.1 Å². The molecule has 1 nitrogen and oxygen atoms in total. The average Bonchev–Trinajstić information content (AvgIpc) is 2.45. The third-order valence-corrected chi connectivity index (χ3v) is 4.18. The third kappa shape index (κ3) is 2.20. The molecule has 1 aliphatic rings. The van der Waals surface area contributed by atoms with Crippen LogP contribution in [0.1, 0.15) is 23.6 Å². The minimum absolute atomic E-state index is 0.245. The Hall–Kier alpha value is -1.49. The molecule has 0 fully saturated rings. The highest BCUT2D eigenvalue weighted by atomic mass is 79.9. The summed E-state index contributed by atoms with van der Waals surface area (Å²) >= 11 is 3.22. The van der Waals surface area contributed by atoms with Gasteiger partial charge >= 0.3 is 0 Å². The molecule has 104 valence electrons. The van der Waals surface area contributed by atoms with E-state index in [1.165, 1.54) is 6.07 Å². The molecule has 0 amide bonds. The number of hydrogen-bond donors (Lipinski definition) is 1. The van der Waals surface area contributed by atoms with Crippen molar-refractivity contribution in [2.75, 3.05) is 5.32 Å². The summed E-state index contributed by atoms with van der Waals surface area (Å²) in [6.07, 6.45) is 0.879. The van der Waals surface area contributed by atoms with E-state index in [-0.39, 0.29) is 11.9 Å². The fourth-order valence-corrected chi connectivity index (χ4v) is 3.12. The summed E-state index contributed by atoms with van der Waals surface area (Å²) in [7, 11) is 0. The van der Waals surface area contributed by atoms with E-state index >= 15 is 0 Å². The van der Waals surface area contributed by atoms with Gasteiger partial charge in [0.2, 0.25) is 0 Å². The first-order chi connectivity index (χ1) is 9.58. The van der Waals surface area contributed by atoms with Gasteiger partial charge in [0, 0.05) is 15.6 Å². The number of nitrogens with one attached hydrogen (secondary N) is 1. The lowest BCUT2D eigenvalue weighted by molar-refractivity contribution is 0.488. The van der Waals surface area contributed by atoms with Crippen LogP contribution in [0.2, 0.25) is 0 Å². The average molecular weight is 342 g/mol. The largest absolute Gasteiger partial charge is 0.377 e. The number of benzene rings is 2. The van der Waals surface area contributed by atoms with Gasteiger partial charge in [0.1, 0.15) is 5.82 Å². The number of hydrogen-bond acceptors (Lipinski definition) is 1. The maximum Gasteiger partial charge on any atom is 0.164 e. The summed E-state index contributed by atoms with van der Waals surface area (Å²) in [5, 5.41) is 3.10. The number of fused-ring (bicyclic) bond motifs is 1. The van der Waals surface area contributed by atoms with Crippen LogP contribution in [0.15, 0.2) is 34.8 Å². The minimum atomic E-state index is -0.873. The smallest absolute Gasteiger partial charge is 0.164 e. The summed E-state index contributed by atoms with van der Waals surface area (Å²) in [4.78, 5) is 0. The SMILES string of the molecule is Fc1ccccc1C1CCc2c(F)c(F)cc(Br)c2N1. The van der Waals surface area contributed by atoms with Gasteiger partial charge in [0.05, 0.1) is 11.7 Å². The predicted octanol–water partition coefficient (Wildman–Crippen LogP) is 4.97. The molecule has 20 heavy (non-hydrogen) atoms. The summed E-state index contributed by atoms with van der Waals surface area (Å²) < 4.78 is 41.4. The van der Waals surface area contributed by atoms with Crippen molar-refractivity contribution in [3.05, 3.63) is 63.4 Å². The highest BCUT2D eigenvalue weighted by Gasteiger charge is 2.26. The molecular formula is C15H11BrF3N. The molecular weight excluding hydrogens is 331 g/mol. The molecule has 0 spiro atoms. The molecule has 5 heteroatoms. The Bertz CT molecular complexity index is 672. The minimum Gasteiger partial charge on any atom is -0.377 e. The van der Waals surface area contributed by atoms with E-state index < -0.39 is 11.6 Å². The second-order valence-electron chi connectivity index (χ2n) is 4.76. The van der Waals surface area contributed by atoms with Crippen molar-refractivity contribution >= 4 is 21.6 Å². The topological polar surface area (TPSA) is 12.0 Å². The fraction of sp³-hybridized carbons (Fsp3) is 0.200. The van der Waals surface area contributed by atoms with Gasteiger partial charge in [-0.05, 0) is 40.9 Å². The van der Waals surface area contributed by atoms with E-state index in [1.807, 2.05) is 0 Å². The van der Waals surface area contributed by atoms with Crippen LogP contribution in [0.5, 0.6) is 0 Å². The zero-order chi connectivity index (χ0) is 14.3. The van der Waals surface area contributed by atoms with Crippen LogP contribution in [-0.2, 0) is 6.42 Å². The van der Waals surface area contributed by atoms with Crippen molar-refractivity contribution in [1.82, 2.24) is 0 Å². The number of anilines is 1. The third-order valence-electron chi connectivity index (χ3n) is 3.55. The maximum atomic E-state index is 13.8. The van der Waals surface area contributed by atoms with Crippen LogP contribution < -0.4 is 5.32 Å². The molecule has 3 rings (SSSR count). The van der Waals surface area contributed by atoms with Gasteiger partial charge in [-0.1, -0.05) is 18.2 Å². The Morgan fingerprint density at radius 2 is 1.85 bits per heavy atom. The van der Waals surface area contributed by atoms with E-state index in [9.17, 15) is 13.2 Å². The van der Waals surface area contributed by atoms with Crippen LogP contribution in [0.4, 0.5) is 18.9 Å². The lowest BCUT2D eigenvalue weighted by atomic mass is 9.93. The van der Waals surface area contributed by atoms with Crippen LogP contribution in [0.25, 0.3) is 0 Å². The summed E-state index contributed by atoms with van der Waals surface area (Å²) in [5.74, 6) is -2.00. The normalized spacial score (nSPS) is 17.5. The van der Waals surface area contributed by atoms with Gasteiger partial charge in [0.25, 0.3) is 0 Å². The molecule has 1 heterocycles. The Morgan fingerprint density at radius 1 is 1.10 bits per heavy atom. The van der Waals surface area contributed by atoms with Gasteiger partial charge in [-0.15, -0.1) is 0 Å². The summed E-state index contributed by atoms with van der Waals surface area (Å²) in [6, 6.07) is 7.32. The Labute approximate surface area is 122 Å². The van der Waals surface area contributed by atoms with E-state index in [4.69, 9.17) is 0 Å². The lowest BCUT2D eigenvalue weighted by Gasteiger charge is -2.29. The molecule has 0 aromatic heterocycles. The fourth-order valence-electron chi connectivity index (χ4n) is 2.56. The first-order valence-corrected chi connectivity index (χ1v) is 7.04. The quantitative estimate of drug-likeness (QED) is 0.722. The monoisotopic (exact) mass is 341 g/mol. The van der Waals surface area contributed by atoms with Crippen LogP contribution >= 0.6 is 15.9 Å². The Kier molecular flexibility index (Phi) is 3.46. The van der Waals surface area contributed by atoms with E-state index in [2.05, 4.69) is 21.2 Å². The van der Waals surface area contributed by atoms with Crippen molar-refractivity contribution in [2.45, 2.75) is 18.9 Å². The molecule has 0 bridgehead atoms. The van der Waals surface area contributed by atoms with Crippen molar-refractivity contribution in [3.63, 3.8) is 0 Å². The molecule has 2 aromatic rings. The lowest BCUT2D eigenvalue weighted by Crippen LogP contribution is -2.21. The second kappa shape index (κ2) is 5.13. The van der Waals surface area contributed by atoms with Crippen LogP contribution in [0, 0.1) is 17.5 Å². The zero-order valence-corrected chi connectivity index (χ0v) is 12.0. The Morgan fingerprint density at radius 3 is 2.60 bits per heavy atom. The van der Waals surface area contributed by atoms with Gasteiger partial charge in [0.15, 0.2) is 11.6 Å². The molecule has 2 aromatic carbocycles. The maximum absolute atomic E-state index is 13.8. The molecule has 0 radical (unpaired) electrons. The molecule has 1 atom stereocenters.